The van der Waals surface area contributed by atoms with Gasteiger partial charge in [-0.1, -0.05) is 17.7 Å². The minimum absolute atomic E-state index is 0.154. The van der Waals surface area contributed by atoms with E-state index in [1.165, 1.54) is 39.9 Å². The monoisotopic (exact) mass is 387 g/mol. The molecule has 1 amide bonds. The number of rotatable bonds is 5. The number of aryl methyl sites for hydroxylation is 1. The van der Waals surface area contributed by atoms with Gasteiger partial charge in [-0.05, 0) is 37.3 Å². The molecule has 0 unspecified atom stereocenters. The Hall–Kier alpha value is -3.26. The van der Waals surface area contributed by atoms with Gasteiger partial charge in [0.1, 0.15) is 17.5 Å². The number of hydrogen-bond acceptors (Lipinski definition) is 4. The number of halogens is 2. The molecule has 0 fully saturated rings. The summed E-state index contributed by atoms with van der Waals surface area (Å²) in [6, 6.07) is 10.3. The van der Waals surface area contributed by atoms with Crippen molar-refractivity contribution in [1.29, 1.82) is 0 Å². The number of nitrogens with one attached hydrogen (secondary N) is 1. The Balaban J connectivity index is 1.72. The van der Waals surface area contributed by atoms with E-state index in [0.29, 0.717) is 16.9 Å². The summed E-state index contributed by atoms with van der Waals surface area (Å²) in [7, 11) is 0. The normalized spacial score (nSPS) is 11.1. The number of hydrazone groups is 1. The van der Waals surface area contributed by atoms with Crippen LogP contribution in [0.1, 0.15) is 11.3 Å². The van der Waals surface area contributed by atoms with Crippen LogP contribution in [0, 0.1) is 12.7 Å². The van der Waals surface area contributed by atoms with Gasteiger partial charge in [-0.3, -0.25) is 9.59 Å². The van der Waals surface area contributed by atoms with Crippen molar-refractivity contribution in [2.24, 2.45) is 5.10 Å². The molecule has 0 saturated heterocycles. The van der Waals surface area contributed by atoms with Gasteiger partial charge in [0, 0.05) is 12.3 Å². The Bertz CT molecular complexity index is 1060. The summed E-state index contributed by atoms with van der Waals surface area (Å²) >= 11 is 6.33. The number of hydrogen-bond donors (Lipinski definition) is 1. The van der Waals surface area contributed by atoms with Gasteiger partial charge < -0.3 is 4.57 Å². The molecule has 27 heavy (non-hydrogen) atoms. The van der Waals surface area contributed by atoms with Gasteiger partial charge in [0.05, 0.1) is 23.2 Å². The fourth-order valence-corrected chi connectivity index (χ4v) is 2.68. The van der Waals surface area contributed by atoms with E-state index in [1.807, 2.05) is 0 Å². The molecule has 0 saturated carbocycles. The van der Waals surface area contributed by atoms with E-state index in [-0.39, 0.29) is 23.1 Å². The smallest absolute Gasteiger partial charge is 0.260 e. The van der Waals surface area contributed by atoms with Crippen molar-refractivity contribution < 1.29 is 9.18 Å². The van der Waals surface area contributed by atoms with Crippen LogP contribution in [0.15, 0.2) is 58.6 Å². The summed E-state index contributed by atoms with van der Waals surface area (Å²) in [5.74, 6) is -0.819. The van der Waals surface area contributed by atoms with E-state index in [4.69, 9.17) is 11.6 Å². The predicted molar refractivity (Wildman–Crippen MR) is 99.7 cm³/mol. The average Bonchev–Trinajstić information content (AvgIpc) is 2.92. The van der Waals surface area contributed by atoms with Crippen LogP contribution in [-0.2, 0) is 11.3 Å². The molecule has 2 heterocycles. The lowest BCUT2D eigenvalue weighted by Crippen LogP contribution is -2.29. The highest BCUT2D eigenvalue weighted by Crippen LogP contribution is 2.22. The van der Waals surface area contributed by atoms with Gasteiger partial charge in [0.15, 0.2) is 0 Å². The molecule has 3 rings (SSSR count). The summed E-state index contributed by atoms with van der Waals surface area (Å²) in [5, 5.41) is 8.45. The van der Waals surface area contributed by atoms with Crippen molar-refractivity contribution in [3.8, 4) is 5.69 Å². The lowest BCUT2D eigenvalue weighted by Gasteiger charge is -2.03. The van der Waals surface area contributed by atoms with Gasteiger partial charge in [-0.25, -0.2) is 14.5 Å². The molecule has 7 nitrogen and oxygen atoms in total. The topological polar surface area (TPSA) is 81.3 Å². The van der Waals surface area contributed by atoms with Crippen LogP contribution in [0.5, 0.6) is 0 Å². The second-order valence-electron chi connectivity index (χ2n) is 5.64. The van der Waals surface area contributed by atoms with E-state index in [2.05, 4.69) is 15.6 Å². The van der Waals surface area contributed by atoms with Gasteiger partial charge in [-0.2, -0.15) is 10.2 Å². The van der Waals surface area contributed by atoms with Crippen LogP contribution >= 0.6 is 11.6 Å². The van der Waals surface area contributed by atoms with Gasteiger partial charge in [0.25, 0.3) is 11.5 Å². The van der Waals surface area contributed by atoms with Crippen LogP contribution in [-0.4, -0.2) is 26.5 Å². The van der Waals surface area contributed by atoms with E-state index < -0.39 is 5.91 Å². The molecule has 0 aliphatic carbocycles. The lowest BCUT2D eigenvalue weighted by molar-refractivity contribution is -0.121. The molecule has 138 valence electrons. The number of carbonyl (C=O) groups is 1. The largest absolute Gasteiger partial charge is 0.306 e. The molecule has 3 aromatic rings. The minimum Gasteiger partial charge on any atom is -0.306 e. The van der Waals surface area contributed by atoms with Crippen LogP contribution in [0.25, 0.3) is 5.69 Å². The zero-order valence-electron chi connectivity index (χ0n) is 14.3. The van der Waals surface area contributed by atoms with Crippen molar-refractivity contribution in [3.05, 3.63) is 81.2 Å². The number of nitrogens with zero attached hydrogens (tertiary/aromatic N) is 4. The quantitative estimate of drug-likeness (QED) is 0.538. The molecule has 0 radical (unpaired) electrons. The Morgan fingerprint density at radius 2 is 2.04 bits per heavy atom. The number of amides is 1. The maximum absolute atomic E-state index is 13.1. The number of benzene rings is 1. The molecule has 1 N–H and O–H groups in total. The summed E-state index contributed by atoms with van der Waals surface area (Å²) in [5.41, 5.74) is 3.75. The summed E-state index contributed by atoms with van der Waals surface area (Å²) in [6.45, 7) is 1.58. The highest BCUT2D eigenvalue weighted by molar-refractivity contribution is 6.32. The van der Waals surface area contributed by atoms with Gasteiger partial charge in [0.2, 0.25) is 0 Å². The third kappa shape index (κ3) is 4.29. The van der Waals surface area contributed by atoms with Crippen molar-refractivity contribution >= 4 is 23.7 Å². The van der Waals surface area contributed by atoms with E-state index >= 15 is 0 Å². The molecule has 9 heteroatoms. The Morgan fingerprint density at radius 3 is 2.74 bits per heavy atom. The second-order valence-corrected chi connectivity index (χ2v) is 6.00. The van der Waals surface area contributed by atoms with E-state index in [0.717, 1.165) is 0 Å². The maximum Gasteiger partial charge on any atom is 0.260 e. The first-order chi connectivity index (χ1) is 13.0. The minimum atomic E-state index is -0.459. The number of aromatic nitrogens is 3. The molecular formula is C18H15ClFN5O2. The fourth-order valence-electron chi connectivity index (χ4n) is 2.36. The van der Waals surface area contributed by atoms with E-state index in [9.17, 15) is 14.0 Å². The predicted octanol–water partition coefficient (Wildman–Crippen LogP) is 2.29. The maximum atomic E-state index is 13.1. The lowest BCUT2D eigenvalue weighted by atomic mass is 10.3. The van der Waals surface area contributed by atoms with Crippen LogP contribution in [0.3, 0.4) is 0 Å². The van der Waals surface area contributed by atoms with Gasteiger partial charge >= 0.3 is 0 Å². The third-order valence-electron chi connectivity index (χ3n) is 3.72. The van der Waals surface area contributed by atoms with Crippen molar-refractivity contribution in [1.82, 2.24) is 19.8 Å². The van der Waals surface area contributed by atoms with Crippen LogP contribution < -0.4 is 11.0 Å². The summed E-state index contributed by atoms with van der Waals surface area (Å²) < 4.78 is 15.8. The molecule has 0 bridgehead atoms. The Morgan fingerprint density at radius 1 is 1.30 bits per heavy atom. The first-order valence-electron chi connectivity index (χ1n) is 7.94. The number of pyridine rings is 1. The third-order valence-corrected chi connectivity index (χ3v) is 4.08. The first-order valence-corrected chi connectivity index (χ1v) is 8.32. The molecular weight excluding hydrogens is 373 g/mol. The first kappa shape index (κ1) is 18.5. The van der Waals surface area contributed by atoms with Crippen molar-refractivity contribution in [3.63, 3.8) is 0 Å². The summed E-state index contributed by atoms with van der Waals surface area (Å²) in [4.78, 5) is 23.5. The van der Waals surface area contributed by atoms with Crippen molar-refractivity contribution in [2.45, 2.75) is 13.5 Å². The Kier molecular flexibility index (Phi) is 5.46. The van der Waals surface area contributed by atoms with Crippen molar-refractivity contribution in [2.75, 3.05) is 0 Å². The zero-order chi connectivity index (χ0) is 19.4. The van der Waals surface area contributed by atoms with E-state index in [1.54, 1.807) is 31.2 Å². The van der Waals surface area contributed by atoms with Crippen LogP contribution in [0.2, 0.25) is 5.15 Å². The van der Waals surface area contributed by atoms with Gasteiger partial charge in [-0.15, -0.1) is 0 Å². The molecule has 2 aromatic heterocycles. The zero-order valence-corrected chi connectivity index (χ0v) is 15.0. The highest BCUT2D eigenvalue weighted by Gasteiger charge is 2.13. The number of carbonyl (C=O) groups excluding carboxylic acids is 1. The second kappa shape index (κ2) is 7.96. The standard InChI is InChI=1S/C18H15ClFN5O2/c1-12-15(18(19)25(23-12)14-7-5-13(20)6-8-14)10-21-22-16(26)11-24-9-3-2-4-17(24)27/h2-10H,11H2,1H3,(H,22,26)/b21-10-. The average molecular weight is 388 g/mol. The molecule has 0 spiro atoms. The molecule has 0 aliphatic rings. The molecule has 0 atom stereocenters. The highest BCUT2D eigenvalue weighted by atomic mass is 35.5. The molecule has 1 aromatic carbocycles. The fraction of sp³-hybridized carbons (Fsp3) is 0.111. The molecule has 0 aliphatic heterocycles. The Labute approximate surface area is 158 Å². The van der Waals surface area contributed by atoms with Crippen LogP contribution in [0.4, 0.5) is 4.39 Å². The SMILES string of the molecule is Cc1nn(-c2ccc(F)cc2)c(Cl)c1/C=N\NC(=O)Cn1ccccc1=O. The summed E-state index contributed by atoms with van der Waals surface area (Å²) in [6.07, 6.45) is 2.88.